The Kier molecular flexibility index (Phi) is 6.61. The van der Waals surface area contributed by atoms with Crippen LogP contribution in [0.3, 0.4) is 0 Å². The van der Waals surface area contributed by atoms with Crippen molar-refractivity contribution in [1.29, 1.82) is 0 Å². The summed E-state index contributed by atoms with van der Waals surface area (Å²) in [6.07, 6.45) is 0.322. The Bertz CT molecular complexity index is 1050. The van der Waals surface area contributed by atoms with Crippen molar-refractivity contribution >= 4 is 18.0 Å². The molecule has 8 nitrogen and oxygen atoms in total. The maximum Gasteiger partial charge on any atom is 0.408 e. The minimum Gasteiger partial charge on any atom is -0.480 e. The van der Waals surface area contributed by atoms with E-state index >= 15 is 0 Å². The average Bonchev–Trinajstić information content (AvgIpc) is 3.41. The van der Waals surface area contributed by atoms with Gasteiger partial charge in [-0.2, -0.15) is 0 Å². The first-order valence-corrected chi connectivity index (χ1v) is 11.6. The Morgan fingerprint density at radius 2 is 1.74 bits per heavy atom. The topological polar surface area (TPSA) is 114 Å². The standard InChI is InChI=1S/C26H30N2O6/c1-3-12-25(2,23(30)31)27-22(29)26(13-14-33-16-26)28-24(32)34-15-21-19-10-6-4-8-17(19)18-9-5-7-11-20(18)21/h4-11,21H,3,12-16H2,1-2H3,(H,27,29)(H,28,32)(H,30,31). The van der Waals surface area contributed by atoms with Crippen molar-refractivity contribution in [3.8, 4) is 11.1 Å². The molecule has 180 valence electrons. The van der Waals surface area contributed by atoms with E-state index < -0.39 is 29.0 Å². The van der Waals surface area contributed by atoms with E-state index in [1.165, 1.54) is 6.92 Å². The molecule has 0 saturated carbocycles. The van der Waals surface area contributed by atoms with Gasteiger partial charge < -0.3 is 25.2 Å². The lowest BCUT2D eigenvalue weighted by molar-refractivity contribution is -0.148. The Labute approximate surface area is 198 Å². The fourth-order valence-electron chi connectivity index (χ4n) is 4.82. The van der Waals surface area contributed by atoms with E-state index in [4.69, 9.17) is 9.47 Å². The number of nitrogens with one attached hydrogen (secondary N) is 2. The van der Waals surface area contributed by atoms with Gasteiger partial charge in [0.2, 0.25) is 5.91 Å². The number of alkyl carbamates (subject to hydrolysis) is 1. The van der Waals surface area contributed by atoms with E-state index in [2.05, 4.69) is 22.8 Å². The summed E-state index contributed by atoms with van der Waals surface area (Å²) >= 11 is 0. The minimum atomic E-state index is -1.44. The Morgan fingerprint density at radius 1 is 1.12 bits per heavy atom. The zero-order valence-corrected chi connectivity index (χ0v) is 19.4. The molecule has 2 aromatic carbocycles. The van der Waals surface area contributed by atoms with Crippen LogP contribution in [0.25, 0.3) is 11.1 Å². The number of hydrogen-bond donors (Lipinski definition) is 3. The van der Waals surface area contributed by atoms with Crippen molar-refractivity contribution in [2.24, 2.45) is 0 Å². The van der Waals surface area contributed by atoms with Gasteiger partial charge >= 0.3 is 12.1 Å². The molecule has 4 rings (SSSR count). The van der Waals surface area contributed by atoms with Gasteiger partial charge in [0, 0.05) is 18.9 Å². The molecular weight excluding hydrogens is 436 g/mol. The van der Waals surface area contributed by atoms with Gasteiger partial charge in [0.05, 0.1) is 6.61 Å². The Hall–Kier alpha value is -3.39. The molecule has 3 N–H and O–H groups in total. The molecule has 2 aliphatic rings. The van der Waals surface area contributed by atoms with Gasteiger partial charge in [0.15, 0.2) is 0 Å². The van der Waals surface area contributed by atoms with E-state index in [0.29, 0.717) is 6.42 Å². The molecule has 2 unspecified atom stereocenters. The predicted octanol–water partition coefficient (Wildman–Crippen LogP) is 3.44. The summed E-state index contributed by atoms with van der Waals surface area (Å²) in [6.45, 7) is 3.64. The van der Waals surface area contributed by atoms with Crippen LogP contribution in [0.4, 0.5) is 4.79 Å². The fourth-order valence-corrected chi connectivity index (χ4v) is 4.82. The number of fused-ring (bicyclic) bond motifs is 3. The normalized spacial score (nSPS) is 20.6. The summed E-state index contributed by atoms with van der Waals surface area (Å²) < 4.78 is 11.0. The quantitative estimate of drug-likeness (QED) is 0.549. The van der Waals surface area contributed by atoms with Crippen LogP contribution in [0.15, 0.2) is 48.5 Å². The van der Waals surface area contributed by atoms with Crippen LogP contribution in [0.1, 0.15) is 50.2 Å². The number of ether oxygens (including phenoxy) is 2. The molecular formula is C26H30N2O6. The van der Waals surface area contributed by atoms with Crippen LogP contribution in [0, 0.1) is 0 Å². The SMILES string of the molecule is CCCC(C)(NC(=O)C1(NC(=O)OCC2c3ccccc3-c3ccccc32)CCOC1)C(=O)O. The van der Waals surface area contributed by atoms with Crippen LogP contribution in [-0.4, -0.2) is 54.0 Å². The fraction of sp³-hybridized carbons (Fsp3) is 0.423. The summed E-state index contributed by atoms with van der Waals surface area (Å²) in [7, 11) is 0. The van der Waals surface area contributed by atoms with Gasteiger partial charge in [0.25, 0.3) is 0 Å². The van der Waals surface area contributed by atoms with E-state index in [0.717, 1.165) is 22.3 Å². The molecule has 34 heavy (non-hydrogen) atoms. The molecule has 0 bridgehead atoms. The first kappa shape index (κ1) is 23.8. The van der Waals surface area contributed by atoms with Gasteiger partial charge in [-0.25, -0.2) is 9.59 Å². The first-order valence-electron chi connectivity index (χ1n) is 11.6. The monoisotopic (exact) mass is 466 g/mol. The van der Waals surface area contributed by atoms with Crippen molar-refractivity contribution in [3.63, 3.8) is 0 Å². The summed E-state index contributed by atoms with van der Waals surface area (Å²) in [5, 5.41) is 14.9. The second kappa shape index (κ2) is 9.46. The third-order valence-electron chi connectivity index (χ3n) is 6.75. The van der Waals surface area contributed by atoms with Crippen LogP contribution in [-0.2, 0) is 19.1 Å². The predicted molar refractivity (Wildman–Crippen MR) is 125 cm³/mol. The number of rotatable bonds is 8. The third-order valence-corrected chi connectivity index (χ3v) is 6.75. The zero-order chi connectivity index (χ0) is 24.3. The molecule has 2 aromatic rings. The number of aliphatic carboxylic acids is 1. The van der Waals surface area contributed by atoms with Gasteiger partial charge in [-0.05, 0) is 35.6 Å². The lowest BCUT2D eigenvalue weighted by Gasteiger charge is -2.33. The Morgan fingerprint density at radius 3 is 2.26 bits per heavy atom. The second-order valence-corrected chi connectivity index (χ2v) is 9.18. The molecule has 2 amide bonds. The molecule has 1 aliphatic heterocycles. The molecule has 1 heterocycles. The molecule has 0 radical (unpaired) electrons. The van der Waals surface area contributed by atoms with E-state index in [1.807, 2.05) is 43.3 Å². The number of carbonyl (C=O) groups excluding carboxylic acids is 2. The summed E-state index contributed by atoms with van der Waals surface area (Å²) in [6, 6.07) is 16.1. The van der Waals surface area contributed by atoms with Crippen molar-refractivity contribution in [2.45, 2.75) is 50.1 Å². The maximum atomic E-state index is 13.2. The number of carboxylic acid groups (broad SMARTS) is 1. The lowest BCUT2D eigenvalue weighted by Crippen LogP contribution is -2.65. The number of carbonyl (C=O) groups is 3. The lowest BCUT2D eigenvalue weighted by atomic mass is 9.91. The van der Waals surface area contributed by atoms with Crippen LogP contribution < -0.4 is 10.6 Å². The Balaban J connectivity index is 1.46. The highest BCUT2D eigenvalue weighted by atomic mass is 16.6. The zero-order valence-electron chi connectivity index (χ0n) is 19.4. The third kappa shape index (κ3) is 4.37. The molecule has 2 atom stereocenters. The first-order chi connectivity index (χ1) is 16.3. The van der Waals surface area contributed by atoms with Gasteiger partial charge in [0.1, 0.15) is 17.7 Å². The molecule has 1 aliphatic carbocycles. The largest absolute Gasteiger partial charge is 0.480 e. The number of hydrogen-bond acceptors (Lipinski definition) is 5. The van der Waals surface area contributed by atoms with Crippen LogP contribution in [0.5, 0.6) is 0 Å². The minimum absolute atomic E-state index is 0.0507. The van der Waals surface area contributed by atoms with E-state index in [9.17, 15) is 19.5 Å². The van der Waals surface area contributed by atoms with Crippen molar-refractivity contribution in [3.05, 3.63) is 59.7 Å². The van der Waals surface area contributed by atoms with Crippen LogP contribution in [0.2, 0.25) is 0 Å². The summed E-state index contributed by atoms with van der Waals surface area (Å²) in [5.74, 6) is -1.82. The molecule has 8 heteroatoms. The van der Waals surface area contributed by atoms with Crippen LogP contribution >= 0.6 is 0 Å². The summed E-state index contributed by atoms with van der Waals surface area (Å²) in [4.78, 5) is 37.8. The van der Waals surface area contributed by atoms with Crippen molar-refractivity contribution in [1.82, 2.24) is 10.6 Å². The molecule has 1 saturated heterocycles. The smallest absolute Gasteiger partial charge is 0.408 e. The van der Waals surface area contributed by atoms with Gasteiger partial charge in [-0.1, -0.05) is 61.9 Å². The highest BCUT2D eigenvalue weighted by molar-refractivity contribution is 5.94. The summed E-state index contributed by atoms with van der Waals surface area (Å²) in [5.41, 5.74) is 1.60. The molecule has 1 fully saturated rings. The number of amides is 2. The highest BCUT2D eigenvalue weighted by Gasteiger charge is 2.48. The number of benzene rings is 2. The van der Waals surface area contributed by atoms with E-state index in [-0.39, 0.29) is 38.6 Å². The maximum absolute atomic E-state index is 13.2. The second-order valence-electron chi connectivity index (χ2n) is 9.18. The number of carboxylic acids is 1. The van der Waals surface area contributed by atoms with Gasteiger partial charge in [-0.3, -0.25) is 4.79 Å². The average molecular weight is 467 g/mol. The molecule has 0 spiro atoms. The van der Waals surface area contributed by atoms with Crippen molar-refractivity contribution in [2.75, 3.05) is 19.8 Å². The van der Waals surface area contributed by atoms with Gasteiger partial charge in [-0.15, -0.1) is 0 Å². The molecule has 0 aromatic heterocycles. The highest BCUT2D eigenvalue weighted by Crippen LogP contribution is 2.44. The van der Waals surface area contributed by atoms with E-state index in [1.54, 1.807) is 0 Å². The van der Waals surface area contributed by atoms with Crippen molar-refractivity contribution < 1.29 is 29.0 Å².